The van der Waals surface area contributed by atoms with Crippen LogP contribution in [0.3, 0.4) is 0 Å². The number of hydrogen-bond acceptors (Lipinski definition) is 7. The zero-order valence-electron chi connectivity index (χ0n) is 17.1. The molecule has 9 nitrogen and oxygen atoms in total. The Balaban J connectivity index is 1.83. The summed E-state index contributed by atoms with van der Waals surface area (Å²) in [5, 5.41) is 3.77. The second kappa shape index (κ2) is 10.3. The number of carbonyl (C=O) groups is 3. The molecule has 0 radical (unpaired) electrons. The van der Waals surface area contributed by atoms with Gasteiger partial charge in [0.05, 0.1) is 5.69 Å². The number of nitrogens with one attached hydrogen (secondary N) is 2. The van der Waals surface area contributed by atoms with Crippen LogP contribution in [0, 0.1) is 6.92 Å². The molecule has 0 bridgehead atoms. The summed E-state index contributed by atoms with van der Waals surface area (Å²) in [6.07, 6.45) is 0.497. The van der Waals surface area contributed by atoms with Gasteiger partial charge in [-0.15, -0.1) is 0 Å². The molecule has 2 N–H and O–H groups in total. The van der Waals surface area contributed by atoms with E-state index in [4.69, 9.17) is 9.26 Å². The van der Waals surface area contributed by atoms with Crippen molar-refractivity contribution in [2.75, 3.05) is 24.6 Å². The average Bonchev–Trinajstić information content (AvgIpc) is 3.12. The summed E-state index contributed by atoms with van der Waals surface area (Å²) in [6, 6.07) is 7.04. The SMILES string of the molecule is CCc1noc(C)c1C(=O)OCC(=O)NNC(=O)c1ccc(N(CC)CC)cc1. The van der Waals surface area contributed by atoms with Gasteiger partial charge in [0.15, 0.2) is 6.61 Å². The third-order valence-corrected chi connectivity index (χ3v) is 4.38. The molecule has 0 aliphatic heterocycles. The smallest absolute Gasteiger partial charge is 0.344 e. The van der Waals surface area contributed by atoms with E-state index in [1.165, 1.54) is 0 Å². The van der Waals surface area contributed by atoms with Crippen molar-refractivity contribution in [2.24, 2.45) is 0 Å². The minimum absolute atomic E-state index is 0.220. The summed E-state index contributed by atoms with van der Waals surface area (Å²) in [4.78, 5) is 38.3. The summed E-state index contributed by atoms with van der Waals surface area (Å²) in [5.74, 6) is -1.51. The molecule has 2 aromatic rings. The first kappa shape index (κ1) is 21.9. The van der Waals surface area contributed by atoms with Crippen molar-refractivity contribution in [3.8, 4) is 0 Å². The standard InChI is InChI=1S/C20H26N4O5/c1-5-16-18(13(4)29-23-16)20(27)28-12-17(25)21-22-19(26)14-8-10-15(11-9-14)24(6-2)7-3/h8-11H,5-7,12H2,1-4H3,(H,21,25)(H,22,26). The summed E-state index contributed by atoms with van der Waals surface area (Å²) in [5.41, 5.74) is 6.61. The Hall–Kier alpha value is -3.36. The third-order valence-electron chi connectivity index (χ3n) is 4.38. The fourth-order valence-corrected chi connectivity index (χ4v) is 2.77. The Morgan fingerprint density at radius 3 is 2.31 bits per heavy atom. The maximum Gasteiger partial charge on any atom is 0.344 e. The molecule has 0 aliphatic carbocycles. The van der Waals surface area contributed by atoms with Crippen molar-refractivity contribution >= 4 is 23.5 Å². The zero-order chi connectivity index (χ0) is 21.4. The van der Waals surface area contributed by atoms with Crippen LogP contribution >= 0.6 is 0 Å². The second-order valence-corrected chi connectivity index (χ2v) is 6.21. The van der Waals surface area contributed by atoms with Crippen LogP contribution in [-0.2, 0) is 16.0 Å². The number of amides is 2. The molecule has 1 aromatic heterocycles. The number of carbonyl (C=O) groups excluding carboxylic acids is 3. The maximum absolute atomic E-state index is 12.2. The van der Waals surface area contributed by atoms with E-state index in [9.17, 15) is 14.4 Å². The van der Waals surface area contributed by atoms with Crippen molar-refractivity contribution in [3.63, 3.8) is 0 Å². The van der Waals surface area contributed by atoms with Crippen LogP contribution in [0.5, 0.6) is 0 Å². The number of hydrazine groups is 1. The number of nitrogens with zero attached hydrogens (tertiary/aromatic N) is 2. The predicted octanol–water partition coefficient (Wildman–Crippen LogP) is 2.01. The normalized spacial score (nSPS) is 10.3. The van der Waals surface area contributed by atoms with Crippen LogP contribution in [0.25, 0.3) is 0 Å². The zero-order valence-corrected chi connectivity index (χ0v) is 17.1. The number of benzene rings is 1. The second-order valence-electron chi connectivity index (χ2n) is 6.21. The van der Waals surface area contributed by atoms with Gasteiger partial charge in [0.2, 0.25) is 0 Å². The van der Waals surface area contributed by atoms with Gasteiger partial charge in [-0.1, -0.05) is 12.1 Å². The number of rotatable bonds is 8. The fraction of sp³-hybridized carbons (Fsp3) is 0.400. The minimum atomic E-state index is -0.700. The maximum atomic E-state index is 12.2. The lowest BCUT2D eigenvalue weighted by atomic mass is 10.1. The van der Waals surface area contributed by atoms with E-state index < -0.39 is 24.4 Å². The van der Waals surface area contributed by atoms with E-state index in [-0.39, 0.29) is 5.56 Å². The van der Waals surface area contributed by atoms with E-state index in [2.05, 4.69) is 34.8 Å². The largest absolute Gasteiger partial charge is 0.452 e. The van der Waals surface area contributed by atoms with Gasteiger partial charge in [-0.2, -0.15) is 0 Å². The predicted molar refractivity (Wildman–Crippen MR) is 107 cm³/mol. The van der Waals surface area contributed by atoms with Gasteiger partial charge in [0, 0.05) is 24.3 Å². The van der Waals surface area contributed by atoms with Crippen LogP contribution in [-0.4, -0.2) is 42.6 Å². The Labute approximate surface area is 169 Å². The van der Waals surface area contributed by atoms with E-state index in [0.717, 1.165) is 18.8 Å². The summed E-state index contributed by atoms with van der Waals surface area (Å²) >= 11 is 0. The fourth-order valence-electron chi connectivity index (χ4n) is 2.77. The lowest BCUT2D eigenvalue weighted by molar-refractivity contribution is -0.125. The summed E-state index contributed by atoms with van der Waals surface area (Å²) < 4.78 is 9.94. The highest BCUT2D eigenvalue weighted by molar-refractivity contribution is 5.96. The molecule has 2 rings (SSSR count). The van der Waals surface area contributed by atoms with Crippen LogP contribution in [0.4, 0.5) is 5.69 Å². The first-order valence-electron chi connectivity index (χ1n) is 9.47. The molecule has 0 saturated heterocycles. The van der Waals surface area contributed by atoms with Crippen molar-refractivity contribution in [3.05, 3.63) is 46.8 Å². The van der Waals surface area contributed by atoms with E-state index >= 15 is 0 Å². The molecule has 1 heterocycles. The highest BCUT2D eigenvalue weighted by atomic mass is 16.5. The Kier molecular flexibility index (Phi) is 7.76. The molecule has 0 spiro atoms. The van der Waals surface area contributed by atoms with Gasteiger partial charge >= 0.3 is 5.97 Å². The summed E-state index contributed by atoms with van der Waals surface area (Å²) in [7, 11) is 0. The van der Waals surface area contributed by atoms with Crippen molar-refractivity contribution in [2.45, 2.75) is 34.1 Å². The van der Waals surface area contributed by atoms with Gasteiger partial charge in [-0.05, 0) is 51.5 Å². The lowest BCUT2D eigenvalue weighted by Gasteiger charge is -2.21. The van der Waals surface area contributed by atoms with Gasteiger partial charge in [0.1, 0.15) is 11.3 Å². The van der Waals surface area contributed by atoms with Crippen molar-refractivity contribution in [1.29, 1.82) is 0 Å². The van der Waals surface area contributed by atoms with Crippen LogP contribution in [0.2, 0.25) is 0 Å². The summed E-state index contributed by atoms with van der Waals surface area (Å²) in [6.45, 7) is 8.71. The topological polar surface area (TPSA) is 114 Å². The number of aryl methyl sites for hydroxylation is 2. The number of aromatic nitrogens is 1. The molecule has 0 fully saturated rings. The highest BCUT2D eigenvalue weighted by Crippen LogP contribution is 2.16. The van der Waals surface area contributed by atoms with E-state index in [0.29, 0.717) is 23.4 Å². The average molecular weight is 402 g/mol. The van der Waals surface area contributed by atoms with E-state index in [1.807, 2.05) is 19.1 Å². The molecule has 0 saturated carbocycles. The van der Waals surface area contributed by atoms with Gasteiger partial charge in [-0.3, -0.25) is 20.4 Å². The molecule has 0 unspecified atom stereocenters. The van der Waals surface area contributed by atoms with Crippen molar-refractivity contribution in [1.82, 2.24) is 16.0 Å². The molecule has 9 heteroatoms. The van der Waals surface area contributed by atoms with Gasteiger partial charge in [-0.25, -0.2) is 4.79 Å². The minimum Gasteiger partial charge on any atom is -0.452 e. The van der Waals surface area contributed by atoms with Crippen LogP contribution in [0.15, 0.2) is 28.8 Å². The van der Waals surface area contributed by atoms with Crippen LogP contribution in [0.1, 0.15) is 52.9 Å². The quantitative estimate of drug-likeness (QED) is 0.513. The number of esters is 1. The Morgan fingerprint density at radius 1 is 1.07 bits per heavy atom. The lowest BCUT2D eigenvalue weighted by Crippen LogP contribution is -2.43. The molecule has 2 amide bonds. The number of anilines is 1. The Bertz CT molecular complexity index is 856. The first-order valence-corrected chi connectivity index (χ1v) is 9.47. The number of ether oxygens (including phenoxy) is 1. The first-order chi connectivity index (χ1) is 13.9. The van der Waals surface area contributed by atoms with E-state index in [1.54, 1.807) is 19.1 Å². The Morgan fingerprint density at radius 2 is 1.72 bits per heavy atom. The molecular formula is C20H26N4O5. The molecule has 1 aromatic carbocycles. The van der Waals surface area contributed by atoms with Gasteiger partial charge < -0.3 is 14.2 Å². The molecule has 0 aliphatic rings. The molecular weight excluding hydrogens is 376 g/mol. The van der Waals surface area contributed by atoms with Crippen LogP contribution < -0.4 is 15.8 Å². The van der Waals surface area contributed by atoms with Gasteiger partial charge in [0.25, 0.3) is 11.8 Å². The third kappa shape index (κ3) is 5.56. The highest BCUT2D eigenvalue weighted by Gasteiger charge is 2.21. The number of hydrogen-bond donors (Lipinski definition) is 2. The van der Waals surface area contributed by atoms with Crippen molar-refractivity contribution < 1.29 is 23.6 Å². The molecule has 0 atom stereocenters. The monoisotopic (exact) mass is 402 g/mol. The molecule has 156 valence electrons. The molecule has 29 heavy (non-hydrogen) atoms.